The van der Waals surface area contributed by atoms with Crippen LogP contribution in [0, 0.1) is 17.8 Å². The largest absolute Gasteiger partial charge is 0.497 e. The van der Waals surface area contributed by atoms with E-state index >= 15 is 0 Å². The average molecular weight is 682 g/mol. The molecule has 1 saturated heterocycles. The Kier molecular flexibility index (Phi) is 9.36. The second-order valence-corrected chi connectivity index (χ2v) is 16.4. The van der Waals surface area contributed by atoms with Crippen molar-refractivity contribution in [2.75, 3.05) is 32.6 Å². The number of hydrogen-bond acceptors (Lipinski definition) is 9. The molecule has 3 fully saturated rings. The minimum atomic E-state index is -3.82. The number of anilines is 1. The van der Waals surface area contributed by atoms with E-state index in [-0.39, 0.29) is 43.6 Å². The molecule has 0 radical (unpaired) electrons. The van der Waals surface area contributed by atoms with Crippen molar-refractivity contribution in [1.82, 2.24) is 19.9 Å². The monoisotopic (exact) mass is 681 g/mol. The van der Waals surface area contributed by atoms with Gasteiger partial charge in [-0.05, 0) is 80.0 Å². The van der Waals surface area contributed by atoms with Crippen LogP contribution in [-0.2, 0) is 24.4 Å². The first-order valence-corrected chi connectivity index (χ1v) is 18.5. The first-order valence-electron chi connectivity index (χ1n) is 17.0. The molecule has 0 unspecified atom stereocenters. The van der Waals surface area contributed by atoms with Gasteiger partial charge in [-0.15, -0.1) is 0 Å². The van der Waals surface area contributed by atoms with Gasteiger partial charge in [0.2, 0.25) is 27.7 Å². The average Bonchev–Trinajstić information content (AvgIpc) is 3.95. The van der Waals surface area contributed by atoms with Gasteiger partial charge in [0.1, 0.15) is 29.3 Å². The second kappa shape index (κ2) is 13.2. The standard InChI is InChI=1S/C35H47N5O7S/c1-21-8-6-7-9-24-19-35(24,34(43)38-48(44,45)27-11-12-27)37-32(42)29-18-26(20-40(29)31(41)15-22(2)14-21)47-33-28-13-10-25(46-5)16-23(28)17-30(36-33)39(3)4/h7,9-10,13,16-17,21-22,24,26-27,29H,6,8,11-12,14-15,18-20H2,1-5H3,(H,37,42)(H,38,43)/b9-7-/t21-,22+,24+,26+,29-,35+/m0/s1. The normalized spacial score (nSPS) is 30.3. The zero-order chi connectivity index (χ0) is 34.4. The zero-order valence-electron chi connectivity index (χ0n) is 28.4. The number of nitrogens with one attached hydrogen (secondary N) is 2. The summed E-state index contributed by atoms with van der Waals surface area (Å²) < 4.78 is 39.7. The van der Waals surface area contributed by atoms with Crippen molar-refractivity contribution in [2.24, 2.45) is 17.8 Å². The van der Waals surface area contributed by atoms with Crippen LogP contribution in [0.5, 0.6) is 11.6 Å². The Bertz CT molecular complexity index is 1720. The predicted molar refractivity (Wildman–Crippen MR) is 182 cm³/mol. The van der Waals surface area contributed by atoms with E-state index < -0.39 is 44.8 Å². The third kappa shape index (κ3) is 7.11. The van der Waals surface area contributed by atoms with E-state index in [1.54, 1.807) is 12.0 Å². The number of amides is 3. The van der Waals surface area contributed by atoms with Crippen LogP contribution in [0.1, 0.15) is 65.2 Å². The highest BCUT2D eigenvalue weighted by Crippen LogP contribution is 2.46. The number of rotatable bonds is 7. The quantitative estimate of drug-likeness (QED) is 0.419. The highest BCUT2D eigenvalue weighted by Gasteiger charge is 2.62. The van der Waals surface area contributed by atoms with Crippen molar-refractivity contribution in [3.05, 3.63) is 36.4 Å². The van der Waals surface area contributed by atoms with E-state index in [2.05, 4.69) is 23.9 Å². The summed E-state index contributed by atoms with van der Waals surface area (Å²) in [5.41, 5.74) is -1.40. The Labute approximate surface area is 282 Å². The van der Waals surface area contributed by atoms with Gasteiger partial charge < -0.3 is 24.6 Å². The molecule has 4 aliphatic rings. The first-order chi connectivity index (χ1) is 22.8. The minimum absolute atomic E-state index is 0.112. The minimum Gasteiger partial charge on any atom is -0.497 e. The van der Waals surface area contributed by atoms with Gasteiger partial charge in [-0.25, -0.2) is 8.42 Å². The Morgan fingerprint density at radius 2 is 1.88 bits per heavy atom. The molecule has 2 N–H and O–H groups in total. The molecule has 3 amide bonds. The summed E-state index contributed by atoms with van der Waals surface area (Å²) >= 11 is 0. The number of ether oxygens (including phenoxy) is 2. The number of allylic oxidation sites excluding steroid dienone is 1. The zero-order valence-corrected chi connectivity index (χ0v) is 29.2. The van der Waals surface area contributed by atoms with Gasteiger partial charge >= 0.3 is 0 Å². The molecule has 1 aromatic heterocycles. The molecule has 2 aliphatic heterocycles. The van der Waals surface area contributed by atoms with Crippen LogP contribution in [0.15, 0.2) is 36.4 Å². The smallest absolute Gasteiger partial charge is 0.259 e. The van der Waals surface area contributed by atoms with Crippen LogP contribution in [0.3, 0.4) is 0 Å². The molecular weight excluding hydrogens is 634 g/mol. The number of carbonyl (C=O) groups is 3. The molecule has 13 heteroatoms. The maximum atomic E-state index is 14.1. The van der Waals surface area contributed by atoms with Crippen molar-refractivity contribution >= 4 is 44.3 Å². The lowest BCUT2D eigenvalue weighted by Gasteiger charge is -2.27. The van der Waals surface area contributed by atoms with E-state index in [1.165, 1.54) is 0 Å². The molecule has 2 saturated carbocycles. The number of carbonyl (C=O) groups excluding carboxylic acids is 3. The fourth-order valence-corrected chi connectivity index (χ4v) is 8.48. The first kappa shape index (κ1) is 34.0. The number of benzene rings is 1. The molecule has 0 bridgehead atoms. The third-order valence-corrected chi connectivity index (χ3v) is 11.9. The fraction of sp³-hybridized carbons (Fsp3) is 0.600. The van der Waals surface area contributed by atoms with E-state index in [4.69, 9.17) is 14.5 Å². The highest BCUT2D eigenvalue weighted by atomic mass is 32.2. The lowest BCUT2D eigenvalue weighted by atomic mass is 9.91. The molecule has 260 valence electrons. The molecule has 2 aliphatic carbocycles. The summed E-state index contributed by atoms with van der Waals surface area (Å²) in [6.45, 7) is 4.41. The van der Waals surface area contributed by atoms with Crippen molar-refractivity contribution in [3.8, 4) is 11.6 Å². The highest BCUT2D eigenvalue weighted by molar-refractivity contribution is 7.91. The summed E-state index contributed by atoms with van der Waals surface area (Å²) in [6.07, 6.45) is 7.75. The van der Waals surface area contributed by atoms with Crippen LogP contribution < -0.4 is 24.4 Å². The number of methoxy groups -OCH3 is 1. The van der Waals surface area contributed by atoms with Crippen molar-refractivity contribution in [3.63, 3.8) is 0 Å². The molecule has 48 heavy (non-hydrogen) atoms. The molecule has 1 aromatic carbocycles. The molecule has 3 heterocycles. The lowest BCUT2D eigenvalue weighted by Crippen LogP contribution is -2.56. The molecule has 2 aromatic rings. The Morgan fingerprint density at radius 1 is 1.10 bits per heavy atom. The van der Waals surface area contributed by atoms with E-state index in [9.17, 15) is 22.8 Å². The molecule has 6 atom stereocenters. The van der Waals surface area contributed by atoms with Gasteiger partial charge in [-0.2, -0.15) is 4.98 Å². The van der Waals surface area contributed by atoms with Crippen molar-refractivity contribution in [1.29, 1.82) is 0 Å². The van der Waals surface area contributed by atoms with E-state index in [1.807, 2.05) is 55.4 Å². The lowest BCUT2D eigenvalue weighted by molar-refractivity contribution is -0.140. The Hall–Kier alpha value is -3.87. The SMILES string of the molecule is COc1ccc2c(O[C@@H]3C[C@H]4C(=O)N[C@]5(C(=O)NS(=O)(=O)C6CC6)C[C@H]5/C=C\CC[C@H](C)C[C@@H](C)CC(=O)N4C3)nc(N(C)C)cc2c1. The van der Waals surface area contributed by atoms with E-state index in [0.29, 0.717) is 36.2 Å². The Balaban J connectivity index is 1.30. The summed E-state index contributed by atoms with van der Waals surface area (Å²) in [6, 6.07) is 6.65. The molecule has 0 spiro atoms. The Morgan fingerprint density at radius 3 is 2.58 bits per heavy atom. The van der Waals surface area contributed by atoms with Crippen LogP contribution in [0.25, 0.3) is 10.8 Å². The predicted octanol–water partition coefficient (Wildman–Crippen LogP) is 3.54. The van der Waals surface area contributed by atoms with Gasteiger partial charge in [0, 0.05) is 38.2 Å². The number of nitrogens with zero attached hydrogens (tertiary/aromatic N) is 3. The van der Waals surface area contributed by atoms with Gasteiger partial charge in [0.05, 0.1) is 18.9 Å². The summed E-state index contributed by atoms with van der Waals surface area (Å²) in [7, 11) is 1.56. The summed E-state index contributed by atoms with van der Waals surface area (Å²) in [4.78, 5) is 49.8. The van der Waals surface area contributed by atoms with Crippen LogP contribution in [0.4, 0.5) is 5.82 Å². The van der Waals surface area contributed by atoms with Gasteiger partial charge in [0.25, 0.3) is 5.91 Å². The summed E-state index contributed by atoms with van der Waals surface area (Å²) in [5, 5.41) is 3.99. The van der Waals surface area contributed by atoms with Crippen LogP contribution in [-0.4, -0.2) is 86.7 Å². The molecular formula is C35H47N5O7S. The van der Waals surface area contributed by atoms with Crippen molar-refractivity contribution < 1.29 is 32.3 Å². The fourth-order valence-electron chi connectivity index (χ4n) is 7.11. The second-order valence-electron chi connectivity index (χ2n) is 14.4. The van der Waals surface area contributed by atoms with Crippen LogP contribution in [0.2, 0.25) is 0 Å². The van der Waals surface area contributed by atoms with Gasteiger partial charge in [-0.1, -0.05) is 26.0 Å². The van der Waals surface area contributed by atoms with Gasteiger partial charge in [0.15, 0.2) is 0 Å². The number of fused-ring (bicyclic) bond motifs is 3. The maximum absolute atomic E-state index is 14.1. The van der Waals surface area contributed by atoms with Gasteiger partial charge in [-0.3, -0.25) is 19.1 Å². The number of pyridine rings is 1. The van der Waals surface area contributed by atoms with Crippen LogP contribution >= 0.6 is 0 Å². The number of hydrogen-bond donors (Lipinski definition) is 2. The number of aromatic nitrogens is 1. The molecule has 6 rings (SSSR count). The maximum Gasteiger partial charge on any atom is 0.259 e. The summed E-state index contributed by atoms with van der Waals surface area (Å²) in [5.74, 6) is 0.524. The molecule has 12 nitrogen and oxygen atoms in total. The number of sulfonamides is 1. The van der Waals surface area contributed by atoms with E-state index in [0.717, 1.165) is 30.0 Å². The topological polar surface area (TPSA) is 147 Å². The van der Waals surface area contributed by atoms with Crippen molar-refractivity contribution in [2.45, 2.75) is 88.1 Å². The third-order valence-electron chi connectivity index (χ3n) is 10.1.